The Balaban J connectivity index is 2.05. The molecule has 0 aliphatic heterocycles. The van der Waals surface area contributed by atoms with Gasteiger partial charge in [0, 0.05) is 19.5 Å². The van der Waals surface area contributed by atoms with E-state index in [1.807, 2.05) is 25.3 Å². The van der Waals surface area contributed by atoms with Gasteiger partial charge in [-0.25, -0.2) is 4.98 Å². The van der Waals surface area contributed by atoms with E-state index in [4.69, 9.17) is 0 Å². The van der Waals surface area contributed by atoms with E-state index in [2.05, 4.69) is 31.1 Å². The fourth-order valence-electron chi connectivity index (χ4n) is 1.57. The summed E-state index contributed by atoms with van der Waals surface area (Å²) in [6.07, 6.45) is 0. The van der Waals surface area contributed by atoms with Crippen molar-refractivity contribution >= 4 is 33.2 Å². The number of amides is 1. The predicted octanol–water partition coefficient (Wildman–Crippen LogP) is 3.02. The quantitative estimate of drug-likeness (QED) is 0.928. The minimum Gasteiger partial charge on any atom is -0.335 e. The third-order valence-electron chi connectivity index (χ3n) is 2.63. The largest absolute Gasteiger partial charge is 0.335 e. The van der Waals surface area contributed by atoms with Crippen LogP contribution in [0, 0.1) is 0 Å². The van der Waals surface area contributed by atoms with E-state index in [1.54, 1.807) is 23.3 Å². The molecule has 2 heterocycles. The topological polar surface area (TPSA) is 61.9 Å². The van der Waals surface area contributed by atoms with Gasteiger partial charge in [-0.1, -0.05) is 13.8 Å². The molecule has 1 N–H and O–H groups in total. The summed E-state index contributed by atoms with van der Waals surface area (Å²) in [6.45, 7) is 4.55. The molecule has 2 aromatic heterocycles. The van der Waals surface area contributed by atoms with Gasteiger partial charge in [0.25, 0.3) is 5.91 Å². The minimum atomic E-state index is -0.175. The SMILES string of the molecule is CC(C)c1nc(C(=O)N(C)Cc2csc(Br)c2)n[nH]1. The van der Waals surface area contributed by atoms with Crippen LogP contribution in [0.4, 0.5) is 0 Å². The summed E-state index contributed by atoms with van der Waals surface area (Å²) in [5.41, 5.74) is 1.09. The first-order valence-electron chi connectivity index (χ1n) is 5.88. The molecule has 0 spiro atoms. The Labute approximate surface area is 124 Å². The molecular weight excluding hydrogens is 328 g/mol. The Morgan fingerprint density at radius 2 is 2.32 bits per heavy atom. The third kappa shape index (κ3) is 3.42. The van der Waals surface area contributed by atoms with Crippen LogP contribution >= 0.6 is 27.3 Å². The summed E-state index contributed by atoms with van der Waals surface area (Å²) in [5.74, 6) is 1.01. The average Bonchev–Trinajstić information content (AvgIpc) is 2.97. The number of carbonyl (C=O) groups is 1. The number of aromatic amines is 1. The smallest absolute Gasteiger partial charge is 0.293 e. The Kier molecular flexibility index (Phi) is 4.36. The monoisotopic (exact) mass is 342 g/mol. The zero-order valence-electron chi connectivity index (χ0n) is 11.0. The van der Waals surface area contributed by atoms with E-state index < -0.39 is 0 Å². The second-order valence-electron chi connectivity index (χ2n) is 4.62. The molecule has 0 radical (unpaired) electrons. The summed E-state index contributed by atoms with van der Waals surface area (Å²) in [5, 5.41) is 8.79. The highest BCUT2D eigenvalue weighted by atomic mass is 79.9. The van der Waals surface area contributed by atoms with Crippen LogP contribution in [0.2, 0.25) is 0 Å². The number of hydrogen-bond acceptors (Lipinski definition) is 4. The minimum absolute atomic E-state index is 0.175. The summed E-state index contributed by atoms with van der Waals surface area (Å²) in [6, 6.07) is 2.01. The van der Waals surface area contributed by atoms with E-state index in [9.17, 15) is 4.79 Å². The highest BCUT2D eigenvalue weighted by molar-refractivity contribution is 9.11. The van der Waals surface area contributed by atoms with E-state index in [0.29, 0.717) is 6.54 Å². The second-order valence-corrected chi connectivity index (χ2v) is 6.91. The number of thiophene rings is 1. The molecule has 0 unspecified atom stereocenters. The maximum atomic E-state index is 12.2. The van der Waals surface area contributed by atoms with Gasteiger partial charge in [0.05, 0.1) is 3.79 Å². The van der Waals surface area contributed by atoms with Gasteiger partial charge in [0.15, 0.2) is 0 Å². The van der Waals surface area contributed by atoms with Crippen molar-refractivity contribution in [2.45, 2.75) is 26.3 Å². The van der Waals surface area contributed by atoms with Gasteiger partial charge < -0.3 is 4.90 Å². The van der Waals surface area contributed by atoms with Gasteiger partial charge >= 0.3 is 0 Å². The lowest BCUT2D eigenvalue weighted by molar-refractivity contribution is 0.0773. The normalized spacial score (nSPS) is 11.0. The van der Waals surface area contributed by atoms with Crippen LogP contribution in [0.25, 0.3) is 0 Å². The van der Waals surface area contributed by atoms with Crippen molar-refractivity contribution in [3.8, 4) is 0 Å². The van der Waals surface area contributed by atoms with Crippen molar-refractivity contribution in [1.29, 1.82) is 0 Å². The molecule has 5 nitrogen and oxygen atoms in total. The van der Waals surface area contributed by atoms with Crippen LogP contribution in [-0.2, 0) is 6.54 Å². The van der Waals surface area contributed by atoms with Crippen LogP contribution in [0.15, 0.2) is 15.2 Å². The van der Waals surface area contributed by atoms with Crippen molar-refractivity contribution in [3.05, 3.63) is 32.4 Å². The zero-order valence-corrected chi connectivity index (χ0v) is 13.4. The lowest BCUT2D eigenvalue weighted by Gasteiger charge is -2.13. The van der Waals surface area contributed by atoms with Crippen molar-refractivity contribution in [2.24, 2.45) is 0 Å². The number of carbonyl (C=O) groups excluding carboxylic acids is 1. The molecule has 0 aliphatic rings. The Bertz CT molecular complexity index is 578. The molecule has 7 heteroatoms. The van der Waals surface area contributed by atoms with Crippen LogP contribution < -0.4 is 0 Å². The number of hydrogen-bond donors (Lipinski definition) is 1. The lowest BCUT2D eigenvalue weighted by Crippen LogP contribution is -2.27. The van der Waals surface area contributed by atoms with Crippen LogP contribution in [0.1, 0.15) is 41.8 Å². The van der Waals surface area contributed by atoms with E-state index >= 15 is 0 Å². The molecule has 19 heavy (non-hydrogen) atoms. The van der Waals surface area contributed by atoms with Crippen LogP contribution in [0.5, 0.6) is 0 Å². The summed E-state index contributed by atoms with van der Waals surface area (Å²) in [7, 11) is 1.75. The van der Waals surface area contributed by atoms with Gasteiger partial charge in [-0.2, -0.15) is 0 Å². The van der Waals surface area contributed by atoms with E-state index in [-0.39, 0.29) is 17.6 Å². The van der Waals surface area contributed by atoms with Gasteiger partial charge in [0.2, 0.25) is 5.82 Å². The number of aromatic nitrogens is 3. The van der Waals surface area contributed by atoms with Gasteiger partial charge in [0.1, 0.15) is 5.82 Å². The second kappa shape index (κ2) is 5.83. The molecule has 102 valence electrons. The van der Waals surface area contributed by atoms with E-state index in [0.717, 1.165) is 15.2 Å². The number of rotatable bonds is 4. The summed E-state index contributed by atoms with van der Waals surface area (Å²) >= 11 is 5.01. The Morgan fingerprint density at radius 1 is 1.58 bits per heavy atom. The molecule has 0 aliphatic carbocycles. The third-order valence-corrected chi connectivity index (χ3v) is 4.18. The molecule has 0 fully saturated rings. The molecule has 0 atom stereocenters. The standard InChI is InChI=1S/C12H15BrN4OS/c1-7(2)10-14-11(16-15-10)12(18)17(3)5-8-4-9(13)19-6-8/h4,6-7H,5H2,1-3H3,(H,14,15,16). The molecule has 0 bridgehead atoms. The molecular formula is C12H15BrN4OS. The molecule has 2 aromatic rings. The fraction of sp³-hybridized carbons (Fsp3) is 0.417. The number of nitrogens with one attached hydrogen (secondary N) is 1. The van der Waals surface area contributed by atoms with Crippen molar-refractivity contribution in [2.75, 3.05) is 7.05 Å². The zero-order chi connectivity index (χ0) is 14.0. The highest BCUT2D eigenvalue weighted by Crippen LogP contribution is 2.21. The van der Waals surface area contributed by atoms with Crippen molar-refractivity contribution in [1.82, 2.24) is 20.1 Å². The number of H-pyrrole nitrogens is 1. The molecule has 0 saturated carbocycles. The van der Waals surface area contributed by atoms with Crippen molar-refractivity contribution < 1.29 is 4.79 Å². The Hall–Kier alpha value is -1.21. The number of nitrogens with zero attached hydrogens (tertiary/aromatic N) is 3. The van der Waals surface area contributed by atoms with Crippen molar-refractivity contribution in [3.63, 3.8) is 0 Å². The summed E-state index contributed by atoms with van der Waals surface area (Å²) < 4.78 is 1.06. The van der Waals surface area contributed by atoms with Crippen LogP contribution in [-0.4, -0.2) is 33.0 Å². The maximum absolute atomic E-state index is 12.2. The molecule has 0 aromatic carbocycles. The first kappa shape index (κ1) is 14.2. The first-order valence-corrected chi connectivity index (χ1v) is 7.55. The van der Waals surface area contributed by atoms with E-state index in [1.165, 1.54) is 0 Å². The fourth-order valence-corrected chi connectivity index (χ4v) is 2.77. The van der Waals surface area contributed by atoms with Gasteiger partial charge in [-0.05, 0) is 32.9 Å². The Morgan fingerprint density at radius 3 is 2.84 bits per heavy atom. The highest BCUT2D eigenvalue weighted by Gasteiger charge is 2.18. The van der Waals surface area contributed by atoms with Crippen LogP contribution in [0.3, 0.4) is 0 Å². The van der Waals surface area contributed by atoms with Gasteiger partial charge in [-0.3, -0.25) is 9.89 Å². The molecule has 0 saturated heterocycles. The number of halogens is 1. The predicted molar refractivity (Wildman–Crippen MR) is 78.3 cm³/mol. The lowest BCUT2D eigenvalue weighted by atomic mass is 10.2. The molecule has 1 amide bonds. The molecule has 2 rings (SSSR count). The first-order chi connectivity index (χ1) is 8.97. The average molecular weight is 343 g/mol. The summed E-state index contributed by atoms with van der Waals surface area (Å²) in [4.78, 5) is 18.0. The van der Waals surface area contributed by atoms with Gasteiger partial charge in [-0.15, -0.1) is 16.4 Å². The maximum Gasteiger partial charge on any atom is 0.293 e.